The second kappa shape index (κ2) is 2.14. The van der Waals surface area contributed by atoms with Crippen LogP contribution in [0.1, 0.15) is 6.92 Å². The second-order valence-corrected chi connectivity index (χ2v) is 1.97. The SMILES string of the molecule is CC1C=NC(O)NC1=O. The standard InChI is InChI=1S/C5H8N2O2/c1-3-2-6-5(9)7-4(3)8/h2-3,5,9H,1H3,(H,7,8). The highest BCUT2D eigenvalue weighted by Gasteiger charge is 2.17. The van der Waals surface area contributed by atoms with E-state index < -0.39 is 6.35 Å². The Morgan fingerprint density at radius 3 is 3.00 bits per heavy atom. The van der Waals surface area contributed by atoms with Gasteiger partial charge in [0.2, 0.25) is 12.3 Å². The van der Waals surface area contributed by atoms with Gasteiger partial charge in [0.05, 0.1) is 5.92 Å². The third-order valence-corrected chi connectivity index (χ3v) is 1.14. The zero-order valence-electron chi connectivity index (χ0n) is 5.03. The van der Waals surface area contributed by atoms with E-state index in [1.54, 1.807) is 6.92 Å². The van der Waals surface area contributed by atoms with Crippen molar-refractivity contribution in [3.8, 4) is 0 Å². The molecule has 1 aliphatic rings. The van der Waals surface area contributed by atoms with Crippen LogP contribution in [0.15, 0.2) is 4.99 Å². The van der Waals surface area contributed by atoms with E-state index in [1.807, 2.05) is 0 Å². The maximum Gasteiger partial charge on any atom is 0.231 e. The number of aliphatic hydroxyl groups excluding tert-OH is 1. The monoisotopic (exact) mass is 128 g/mol. The van der Waals surface area contributed by atoms with Crippen molar-refractivity contribution in [2.45, 2.75) is 13.3 Å². The van der Waals surface area contributed by atoms with E-state index in [0.717, 1.165) is 0 Å². The van der Waals surface area contributed by atoms with Gasteiger partial charge in [-0.3, -0.25) is 4.79 Å². The van der Waals surface area contributed by atoms with Crippen molar-refractivity contribution < 1.29 is 9.90 Å². The number of hydrogen-bond donors (Lipinski definition) is 2. The summed E-state index contributed by atoms with van der Waals surface area (Å²) in [5, 5.41) is 10.9. The average molecular weight is 128 g/mol. The summed E-state index contributed by atoms with van der Waals surface area (Å²) in [6.07, 6.45) is 0.400. The van der Waals surface area contributed by atoms with Crippen molar-refractivity contribution >= 4 is 12.1 Å². The summed E-state index contributed by atoms with van der Waals surface area (Å²) in [4.78, 5) is 14.2. The lowest BCUT2D eigenvalue weighted by atomic mass is 10.2. The maximum atomic E-state index is 10.6. The molecule has 1 amide bonds. The lowest BCUT2D eigenvalue weighted by Gasteiger charge is -2.15. The molecule has 0 aromatic carbocycles. The number of nitrogens with zero attached hydrogens (tertiary/aromatic N) is 1. The van der Waals surface area contributed by atoms with Gasteiger partial charge >= 0.3 is 0 Å². The number of carbonyl (C=O) groups excluding carboxylic acids is 1. The highest BCUT2D eigenvalue weighted by molar-refractivity contribution is 5.94. The lowest BCUT2D eigenvalue weighted by Crippen LogP contribution is -2.41. The average Bonchev–Trinajstić information content (AvgIpc) is 1.80. The molecular formula is C5H8N2O2. The van der Waals surface area contributed by atoms with Crippen molar-refractivity contribution in [1.82, 2.24) is 5.32 Å². The van der Waals surface area contributed by atoms with E-state index in [2.05, 4.69) is 10.3 Å². The smallest absolute Gasteiger partial charge is 0.231 e. The molecule has 2 atom stereocenters. The third-order valence-electron chi connectivity index (χ3n) is 1.14. The number of carbonyl (C=O) groups is 1. The van der Waals surface area contributed by atoms with Gasteiger partial charge in [-0.15, -0.1) is 0 Å². The third kappa shape index (κ3) is 1.26. The van der Waals surface area contributed by atoms with Crippen LogP contribution >= 0.6 is 0 Å². The molecular weight excluding hydrogens is 120 g/mol. The van der Waals surface area contributed by atoms with Crippen LogP contribution in [-0.4, -0.2) is 23.6 Å². The Kier molecular flexibility index (Phi) is 1.48. The normalized spacial score (nSPS) is 34.2. The summed E-state index contributed by atoms with van der Waals surface area (Å²) in [6, 6.07) is 0. The van der Waals surface area contributed by atoms with Crippen LogP contribution in [0.3, 0.4) is 0 Å². The van der Waals surface area contributed by atoms with Crippen LogP contribution in [0.2, 0.25) is 0 Å². The van der Waals surface area contributed by atoms with Crippen molar-refractivity contribution in [1.29, 1.82) is 0 Å². The van der Waals surface area contributed by atoms with Crippen LogP contribution < -0.4 is 5.32 Å². The first-order valence-corrected chi connectivity index (χ1v) is 2.72. The van der Waals surface area contributed by atoms with Crippen molar-refractivity contribution in [3.05, 3.63) is 0 Å². The molecule has 4 heteroatoms. The van der Waals surface area contributed by atoms with Crippen LogP contribution in [0, 0.1) is 5.92 Å². The van der Waals surface area contributed by atoms with Gasteiger partial charge in [-0.25, -0.2) is 4.99 Å². The van der Waals surface area contributed by atoms with Gasteiger partial charge in [-0.2, -0.15) is 0 Å². The van der Waals surface area contributed by atoms with Crippen LogP contribution in [0.5, 0.6) is 0 Å². The lowest BCUT2D eigenvalue weighted by molar-refractivity contribution is -0.126. The molecule has 0 aromatic rings. The Balaban J connectivity index is 2.65. The molecule has 2 unspecified atom stereocenters. The Labute approximate surface area is 52.6 Å². The van der Waals surface area contributed by atoms with Gasteiger partial charge in [0.1, 0.15) is 0 Å². The number of aliphatic hydroxyl groups is 1. The molecule has 0 bridgehead atoms. The number of rotatable bonds is 0. The number of amides is 1. The van der Waals surface area contributed by atoms with Gasteiger partial charge in [-0.05, 0) is 6.92 Å². The fourth-order valence-corrected chi connectivity index (χ4v) is 0.574. The largest absolute Gasteiger partial charge is 0.355 e. The first-order chi connectivity index (χ1) is 4.20. The number of hydrogen-bond acceptors (Lipinski definition) is 3. The molecule has 1 aliphatic heterocycles. The Bertz CT molecular complexity index is 155. The molecule has 0 spiro atoms. The van der Waals surface area contributed by atoms with E-state index >= 15 is 0 Å². The van der Waals surface area contributed by atoms with Gasteiger partial charge in [-0.1, -0.05) is 0 Å². The van der Waals surface area contributed by atoms with E-state index in [4.69, 9.17) is 5.11 Å². The Morgan fingerprint density at radius 2 is 2.56 bits per heavy atom. The molecule has 0 saturated heterocycles. The van der Waals surface area contributed by atoms with Crippen LogP contribution in [0.4, 0.5) is 0 Å². The van der Waals surface area contributed by atoms with Gasteiger partial charge in [0, 0.05) is 6.21 Å². The Morgan fingerprint density at radius 1 is 1.89 bits per heavy atom. The van der Waals surface area contributed by atoms with Crippen molar-refractivity contribution in [3.63, 3.8) is 0 Å². The Hall–Kier alpha value is -0.900. The molecule has 50 valence electrons. The highest BCUT2D eigenvalue weighted by Crippen LogP contribution is 1.97. The minimum absolute atomic E-state index is 0.183. The van der Waals surface area contributed by atoms with E-state index in [9.17, 15) is 4.79 Å². The van der Waals surface area contributed by atoms with Crippen molar-refractivity contribution in [2.24, 2.45) is 10.9 Å². The molecule has 0 aliphatic carbocycles. The zero-order valence-corrected chi connectivity index (χ0v) is 5.03. The predicted octanol–water partition coefficient (Wildman–Crippen LogP) is -0.901. The number of aliphatic imine (C=N–C) groups is 1. The van der Waals surface area contributed by atoms with Crippen molar-refractivity contribution in [2.75, 3.05) is 0 Å². The van der Waals surface area contributed by atoms with Gasteiger partial charge in [0.25, 0.3) is 0 Å². The molecule has 0 fully saturated rings. The van der Waals surface area contributed by atoms with E-state index in [0.29, 0.717) is 0 Å². The summed E-state index contributed by atoms with van der Waals surface area (Å²) >= 11 is 0. The molecule has 0 radical (unpaired) electrons. The summed E-state index contributed by atoms with van der Waals surface area (Å²) in [6.45, 7) is 1.71. The first-order valence-electron chi connectivity index (χ1n) is 2.72. The second-order valence-electron chi connectivity index (χ2n) is 1.97. The summed E-state index contributed by atoms with van der Waals surface area (Å²) in [7, 11) is 0. The first kappa shape index (κ1) is 6.22. The fraction of sp³-hybridized carbons (Fsp3) is 0.600. The molecule has 2 N–H and O–H groups in total. The maximum absolute atomic E-state index is 10.6. The van der Waals surface area contributed by atoms with Crippen LogP contribution in [0.25, 0.3) is 0 Å². The summed E-state index contributed by atoms with van der Waals surface area (Å²) in [5.41, 5.74) is 0. The quantitative estimate of drug-likeness (QED) is 0.444. The van der Waals surface area contributed by atoms with Gasteiger partial charge < -0.3 is 10.4 Å². The molecule has 0 aromatic heterocycles. The highest BCUT2D eigenvalue weighted by atomic mass is 16.3. The summed E-state index contributed by atoms with van der Waals surface area (Å²) in [5.74, 6) is -0.397. The molecule has 1 heterocycles. The topological polar surface area (TPSA) is 61.7 Å². The molecule has 1 rings (SSSR count). The molecule has 0 saturated carbocycles. The van der Waals surface area contributed by atoms with E-state index in [1.165, 1.54) is 6.21 Å². The van der Waals surface area contributed by atoms with Crippen LogP contribution in [-0.2, 0) is 4.79 Å². The fourth-order valence-electron chi connectivity index (χ4n) is 0.574. The summed E-state index contributed by atoms with van der Waals surface area (Å²) < 4.78 is 0. The minimum Gasteiger partial charge on any atom is -0.355 e. The number of nitrogens with one attached hydrogen (secondary N) is 1. The molecule has 9 heavy (non-hydrogen) atoms. The zero-order chi connectivity index (χ0) is 6.85. The minimum atomic E-state index is -1.03. The predicted molar refractivity (Wildman–Crippen MR) is 31.8 cm³/mol. The van der Waals surface area contributed by atoms with E-state index in [-0.39, 0.29) is 11.8 Å². The van der Waals surface area contributed by atoms with Gasteiger partial charge in [0.15, 0.2) is 0 Å². The molecule has 4 nitrogen and oxygen atoms in total.